The van der Waals surface area contributed by atoms with Crippen LogP contribution in [0, 0.1) is 0 Å². The summed E-state index contributed by atoms with van der Waals surface area (Å²) < 4.78 is 41.0. The summed E-state index contributed by atoms with van der Waals surface area (Å²) in [5.41, 5.74) is 2.26. The maximum atomic E-state index is 13.1. The van der Waals surface area contributed by atoms with Gasteiger partial charge >= 0.3 is 6.18 Å². The third-order valence-electron chi connectivity index (χ3n) is 7.26. The number of hydrogen-bond donors (Lipinski definition) is 2. The van der Waals surface area contributed by atoms with Gasteiger partial charge in [0, 0.05) is 38.9 Å². The molecule has 0 radical (unpaired) electrons. The Morgan fingerprint density at radius 3 is 2.21 bits per heavy atom. The zero-order valence-corrected chi connectivity index (χ0v) is 22.7. The fourth-order valence-corrected chi connectivity index (χ4v) is 4.97. The number of nitrogens with one attached hydrogen (secondary N) is 1. The standard InChI is InChI=1S/C30H29F3N8O/c31-30(32,33)23-8-4-22(5-9-23)19-41-20-36-26-27(35-14-12-21-6-10-24(42)11-7-21)37-29(38-28(26)41)40-17-15-39(16-18-40)25-3-1-2-13-34-25/h1-11,13,20,42H,12,14-19H2,(H,35,37,38). The monoisotopic (exact) mass is 574 g/mol. The van der Waals surface area contributed by atoms with E-state index in [4.69, 9.17) is 9.97 Å². The molecule has 0 bridgehead atoms. The second kappa shape index (κ2) is 11.6. The van der Waals surface area contributed by atoms with Crippen molar-refractivity contribution in [2.24, 2.45) is 0 Å². The Labute approximate surface area is 240 Å². The Balaban J connectivity index is 1.26. The molecule has 3 aromatic heterocycles. The van der Waals surface area contributed by atoms with Crippen LogP contribution in [0.15, 0.2) is 79.3 Å². The van der Waals surface area contributed by atoms with Crippen molar-refractivity contribution in [1.82, 2.24) is 24.5 Å². The van der Waals surface area contributed by atoms with Gasteiger partial charge in [0.05, 0.1) is 18.4 Å². The normalized spacial score (nSPS) is 14.0. The summed E-state index contributed by atoms with van der Waals surface area (Å²) in [5, 5.41) is 13.0. The number of imidazole rings is 1. The van der Waals surface area contributed by atoms with E-state index in [1.807, 2.05) is 34.9 Å². The first-order chi connectivity index (χ1) is 20.3. The van der Waals surface area contributed by atoms with Crippen molar-refractivity contribution >= 4 is 28.7 Å². The van der Waals surface area contributed by atoms with E-state index < -0.39 is 11.7 Å². The van der Waals surface area contributed by atoms with Crippen molar-refractivity contribution in [3.05, 3.63) is 95.9 Å². The van der Waals surface area contributed by atoms with E-state index in [2.05, 4.69) is 25.1 Å². The van der Waals surface area contributed by atoms with Crippen LogP contribution >= 0.6 is 0 Å². The number of aromatic hydroxyl groups is 1. The number of alkyl halides is 3. The Bertz CT molecular complexity index is 1630. The lowest BCUT2D eigenvalue weighted by atomic mass is 10.1. The summed E-state index contributed by atoms with van der Waals surface area (Å²) in [6.07, 6.45) is -0.253. The molecular weight excluding hydrogens is 545 g/mol. The molecule has 0 aliphatic carbocycles. The lowest BCUT2D eigenvalue weighted by molar-refractivity contribution is -0.137. The second-order valence-electron chi connectivity index (χ2n) is 10.1. The molecule has 12 heteroatoms. The number of pyridine rings is 1. The zero-order valence-electron chi connectivity index (χ0n) is 22.7. The average Bonchev–Trinajstić information content (AvgIpc) is 3.41. The van der Waals surface area contributed by atoms with Crippen LogP contribution in [0.3, 0.4) is 0 Å². The highest BCUT2D eigenvalue weighted by Gasteiger charge is 2.30. The molecule has 0 atom stereocenters. The van der Waals surface area contributed by atoms with Crippen molar-refractivity contribution in [2.75, 3.05) is 47.8 Å². The molecule has 2 aromatic carbocycles. The summed E-state index contributed by atoms with van der Waals surface area (Å²) in [4.78, 5) is 23.1. The first kappa shape index (κ1) is 27.3. The molecule has 42 heavy (non-hydrogen) atoms. The number of fused-ring (bicyclic) bond motifs is 1. The molecule has 5 aromatic rings. The minimum Gasteiger partial charge on any atom is -0.508 e. The highest BCUT2D eigenvalue weighted by molar-refractivity contribution is 5.84. The maximum Gasteiger partial charge on any atom is 0.416 e. The van der Waals surface area contributed by atoms with E-state index >= 15 is 0 Å². The van der Waals surface area contributed by atoms with Crippen LogP contribution in [-0.2, 0) is 19.1 Å². The summed E-state index contributed by atoms with van der Waals surface area (Å²) in [5.74, 6) is 2.30. The van der Waals surface area contributed by atoms with Crippen molar-refractivity contribution in [3.8, 4) is 5.75 Å². The van der Waals surface area contributed by atoms with E-state index in [9.17, 15) is 18.3 Å². The molecule has 9 nitrogen and oxygen atoms in total. The minimum absolute atomic E-state index is 0.218. The number of rotatable bonds is 8. The highest BCUT2D eigenvalue weighted by Crippen LogP contribution is 2.30. The lowest BCUT2D eigenvalue weighted by Crippen LogP contribution is -2.47. The average molecular weight is 575 g/mol. The van der Waals surface area contributed by atoms with Gasteiger partial charge < -0.3 is 24.8 Å². The molecular formula is C30H29F3N8O. The van der Waals surface area contributed by atoms with E-state index in [-0.39, 0.29) is 5.75 Å². The quantitative estimate of drug-likeness (QED) is 0.268. The van der Waals surface area contributed by atoms with Crippen molar-refractivity contribution in [2.45, 2.75) is 19.1 Å². The third kappa shape index (κ3) is 6.07. The van der Waals surface area contributed by atoms with Gasteiger partial charge in [-0.05, 0) is 53.9 Å². The number of piperazine rings is 1. The van der Waals surface area contributed by atoms with Crippen LogP contribution in [0.25, 0.3) is 11.2 Å². The number of aromatic nitrogens is 5. The van der Waals surface area contributed by atoms with Gasteiger partial charge in [0.15, 0.2) is 17.0 Å². The van der Waals surface area contributed by atoms with Gasteiger partial charge in [0.25, 0.3) is 0 Å². The molecule has 2 N–H and O–H groups in total. The van der Waals surface area contributed by atoms with Crippen LogP contribution in [0.1, 0.15) is 16.7 Å². The minimum atomic E-state index is -4.39. The molecule has 0 unspecified atom stereocenters. The van der Waals surface area contributed by atoms with E-state index in [0.29, 0.717) is 61.1 Å². The van der Waals surface area contributed by atoms with E-state index in [1.165, 1.54) is 12.1 Å². The number of phenols is 1. The predicted molar refractivity (Wildman–Crippen MR) is 155 cm³/mol. The smallest absolute Gasteiger partial charge is 0.416 e. The van der Waals surface area contributed by atoms with Gasteiger partial charge in [-0.1, -0.05) is 30.3 Å². The molecule has 6 rings (SSSR count). The van der Waals surface area contributed by atoms with Crippen molar-refractivity contribution < 1.29 is 18.3 Å². The second-order valence-corrected chi connectivity index (χ2v) is 10.1. The van der Waals surface area contributed by atoms with E-state index in [1.54, 1.807) is 24.7 Å². The fourth-order valence-electron chi connectivity index (χ4n) is 4.97. The van der Waals surface area contributed by atoms with E-state index in [0.717, 1.165) is 36.6 Å². The van der Waals surface area contributed by atoms with Crippen LogP contribution in [0.5, 0.6) is 5.75 Å². The lowest BCUT2D eigenvalue weighted by Gasteiger charge is -2.35. The van der Waals surface area contributed by atoms with Crippen LogP contribution in [0.4, 0.5) is 30.8 Å². The SMILES string of the molecule is Oc1ccc(CCNc2nc(N3CCN(c4ccccn4)CC3)nc3c2ncn3Cc2ccc(C(F)(F)F)cc2)cc1. The third-order valence-corrected chi connectivity index (χ3v) is 7.26. The summed E-state index contributed by atoms with van der Waals surface area (Å²) in [6.45, 7) is 3.80. The van der Waals surface area contributed by atoms with Gasteiger partial charge in [0.2, 0.25) is 5.95 Å². The molecule has 4 heterocycles. The van der Waals surface area contributed by atoms with Crippen LogP contribution < -0.4 is 15.1 Å². The van der Waals surface area contributed by atoms with Gasteiger partial charge in [-0.3, -0.25) is 0 Å². The van der Waals surface area contributed by atoms with Gasteiger partial charge in [-0.25, -0.2) is 9.97 Å². The molecule has 1 aliphatic heterocycles. The highest BCUT2D eigenvalue weighted by atomic mass is 19.4. The first-order valence-electron chi connectivity index (χ1n) is 13.7. The topological polar surface area (TPSA) is 95.2 Å². The molecule has 0 spiro atoms. The fraction of sp³-hybridized carbons (Fsp3) is 0.267. The molecule has 216 valence electrons. The van der Waals surface area contributed by atoms with Crippen molar-refractivity contribution in [1.29, 1.82) is 0 Å². The van der Waals surface area contributed by atoms with Gasteiger partial charge in [-0.15, -0.1) is 0 Å². The largest absolute Gasteiger partial charge is 0.508 e. The summed E-state index contributed by atoms with van der Waals surface area (Å²) in [6, 6.07) is 18.1. The number of nitrogens with zero attached hydrogens (tertiary/aromatic N) is 7. The summed E-state index contributed by atoms with van der Waals surface area (Å²) >= 11 is 0. The number of anilines is 3. The Morgan fingerprint density at radius 1 is 0.810 bits per heavy atom. The first-order valence-corrected chi connectivity index (χ1v) is 13.7. The van der Waals surface area contributed by atoms with Crippen molar-refractivity contribution in [3.63, 3.8) is 0 Å². The predicted octanol–water partition coefficient (Wildman–Crippen LogP) is 4.98. The van der Waals surface area contributed by atoms with Crippen LogP contribution in [0.2, 0.25) is 0 Å². The number of halogens is 3. The molecule has 1 fully saturated rings. The maximum absolute atomic E-state index is 13.1. The number of benzene rings is 2. The number of phenolic OH excluding ortho intramolecular Hbond substituents is 1. The van der Waals surface area contributed by atoms with Gasteiger partial charge in [0.1, 0.15) is 11.6 Å². The summed E-state index contributed by atoms with van der Waals surface area (Å²) in [7, 11) is 0. The number of hydrogen-bond acceptors (Lipinski definition) is 8. The Kier molecular flexibility index (Phi) is 7.51. The molecule has 0 saturated carbocycles. The molecule has 0 amide bonds. The Hall–Kier alpha value is -4.87. The molecule has 1 aliphatic rings. The Morgan fingerprint density at radius 2 is 1.52 bits per heavy atom. The zero-order chi connectivity index (χ0) is 29.1. The van der Waals surface area contributed by atoms with Crippen LogP contribution in [-0.4, -0.2) is 62.3 Å². The molecule has 1 saturated heterocycles. The van der Waals surface area contributed by atoms with Gasteiger partial charge in [-0.2, -0.15) is 23.1 Å².